The molecule has 2 aromatic heterocycles. The molecule has 0 aliphatic carbocycles. The van der Waals surface area contributed by atoms with E-state index in [9.17, 15) is 4.79 Å². The van der Waals surface area contributed by atoms with Crippen LogP contribution in [0.1, 0.15) is 16.1 Å². The molecule has 0 atom stereocenters. The van der Waals surface area contributed by atoms with Crippen molar-refractivity contribution in [3.63, 3.8) is 0 Å². The second kappa shape index (κ2) is 6.57. The number of ether oxygens (including phenoxy) is 1. The van der Waals surface area contributed by atoms with Gasteiger partial charge < -0.3 is 9.15 Å². The highest BCUT2D eigenvalue weighted by molar-refractivity contribution is 9.10. The lowest BCUT2D eigenvalue weighted by atomic mass is 10.1. The summed E-state index contributed by atoms with van der Waals surface area (Å²) in [6, 6.07) is 8.83. The smallest absolute Gasteiger partial charge is 0.338 e. The van der Waals surface area contributed by atoms with E-state index in [2.05, 4.69) is 31.2 Å². The molecular weight excluding hydrogens is 364 g/mol. The number of furan rings is 1. The van der Waals surface area contributed by atoms with Gasteiger partial charge in [0, 0.05) is 10.0 Å². The first-order valence-electron chi connectivity index (χ1n) is 6.54. The first kappa shape index (κ1) is 15.2. The van der Waals surface area contributed by atoms with E-state index in [0.29, 0.717) is 22.6 Å². The van der Waals surface area contributed by atoms with Crippen LogP contribution in [0.3, 0.4) is 0 Å². The lowest BCUT2D eigenvalue weighted by Crippen LogP contribution is -2.03. The van der Waals surface area contributed by atoms with Crippen molar-refractivity contribution in [2.75, 3.05) is 7.11 Å². The average molecular weight is 375 g/mol. The van der Waals surface area contributed by atoms with Gasteiger partial charge in [0.05, 0.1) is 18.9 Å². The molecule has 0 aliphatic rings. The van der Waals surface area contributed by atoms with Gasteiger partial charge in [0.2, 0.25) is 0 Å². The van der Waals surface area contributed by atoms with E-state index in [1.807, 2.05) is 6.07 Å². The Morgan fingerprint density at radius 2 is 2.09 bits per heavy atom. The van der Waals surface area contributed by atoms with Crippen LogP contribution < -0.4 is 0 Å². The number of hydrogen-bond donors (Lipinski definition) is 0. The quantitative estimate of drug-likeness (QED) is 0.517. The van der Waals surface area contributed by atoms with Crippen LogP contribution in [0, 0.1) is 0 Å². The lowest BCUT2D eigenvalue weighted by molar-refractivity contribution is 0.0601. The van der Waals surface area contributed by atoms with Gasteiger partial charge in [0.1, 0.15) is 24.2 Å². The molecule has 0 bridgehead atoms. The van der Waals surface area contributed by atoms with E-state index in [0.717, 1.165) is 4.47 Å². The monoisotopic (exact) mass is 374 g/mol. The molecular formula is C15H11BrN4O3. The number of benzene rings is 1. The van der Waals surface area contributed by atoms with Gasteiger partial charge in [-0.1, -0.05) is 15.9 Å². The summed E-state index contributed by atoms with van der Waals surface area (Å²) < 4.78 is 12.8. The van der Waals surface area contributed by atoms with Crippen LogP contribution in [-0.4, -0.2) is 34.2 Å². The Bertz CT molecular complexity index is 855. The number of aromatic nitrogens is 3. The zero-order valence-electron chi connectivity index (χ0n) is 12.0. The fourth-order valence-electron chi connectivity index (χ4n) is 1.96. The third kappa shape index (κ3) is 3.37. The Kier molecular flexibility index (Phi) is 4.33. The summed E-state index contributed by atoms with van der Waals surface area (Å²) in [7, 11) is 1.34. The number of nitrogens with zero attached hydrogens (tertiary/aromatic N) is 4. The van der Waals surface area contributed by atoms with Gasteiger partial charge in [0.25, 0.3) is 0 Å². The molecule has 0 radical (unpaired) electrons. The molecule has 0 saturated carbocycles. The summed E-state index contributed by atoms with van der Waals surface area (Å²) in [5.74, 6) is 0.646. The molecule has 0 unspecified atom stereocenters. The van der Waals surface area contributed by atoms with Crippen molar-refractivity contribution < 1.29 is 13.9 Å². The summed E-state index contributed by atoms with van der Waals surface area (Å²) in [5, 5.41) is 11.4. The van der Waals surface area contributed by atoms with Crippen LogP contribution in [0.2, 0.25) is 0 Å². The average Bonchev–Trinajstić information content (AvgIpc) is 3.23. The van der Waals surface area contributed by atoms with Gasteiger partial charge in [-0.05, 0) is 30.3 Å². The Labute approximate surface area is 139 Å². The minimum atomic E-state index is -0.433. The second-order valence-corrected chi connectivity index (χ2v) is 5.39. The number of hydrogen-bond acceptors (Lipinski definition) is 6. The van der Waals surface area contributed by atoms with Crippen molar-refractivity contribution in [3.05, 3.63) is 58.8 Å². The maximum Gasteiger partial charge on any atom is 0.338 e. The molecule has 1 aromatic carbocycles. The van der Waals surface area contributed by atoms with Gasteiger partial charge in [-0.3, -0.25) is 0 Å². The maximum absolute atomic E-state index is 11.9. The Balaban J connectivity index is 1.93. The molecule has 116 valence electrons. The van der Waals surface area contributed by atoms with E-state index < -0.39 is 5.97 Å². The van der Waals surface area contributed by atoms with Gasteiger partial charge in [-0.25, -0.2) is 9.47 Å². The molecule has 0 N–H and O–H groups in total. The highest BCUT2D eigenvalue weighted by Crippen LogP contribution is 2.28. The molecule has 8 heteroatoms. The van der Waals surface area contributed by atoms with E-state index in [1.54, 1.807) is 24.3 Å². The van der Waals surface area contributed by atoms with Gasteiger partial charge >= 0.3 is 5.97 Å². The van der Waals surface area contributed by atoms with Crippen molar-refractivity contribution in [2.24, 2.45) is 5.10 Å². The maximum atomic E-state index is 11.9. The van der Waals surface area contributed by atoms with Crippen LogP contribution in [0.5, 0.6) is 0 Å². The first-order chi connectivity index (χ1) is 11.2. The van der Waals surface area contributed by atoms with Crippen LogP contribution in [0.4, 0.5) is 0 Å². The SMILES string of the molecule is COC(=O)c1cc(Br)ccc1-c1ccc(/C=N\n2cnnc2)o1. The van der Waals surface area contributed by atoms with Crippen LogP contribution >= 0.6 is 15.9 Å². The third-order valence-electron chi connectivity index (χ3n) is 3.00. The van der Waals surface area contributed by atoms with E-state index in [4.69, 9.17) is 9.15 Å². The van der Waals surface area contributed by atoms with E-state index in [-0.39, 0.29) is 0 Å². The number of carbonyl (C=O) groups excluding carboxylic acids is 1. The Morgan fingerprint density at radius 1 is 1.30 bits per heavy atom. The minimum Gasteiger partial charge on any atom is -0.465 e. The van der Waals surface area contributed by atoms with Crippen LogP contribution in [0.15, 0.2) is 57.0 Å². The molecule has 3 aromatic rings. The van der Waals surface area contributed by atoms with E-state index >= 15 is 0 Å². The number of esters is 1. The molecule has 7 nitrogen and oxygen atoms in total. The summed E-state index contributed by atoms with van der Waals surface area (Å²) in [5.41, 5.74) is 1.06. The number of rotatable bonds is 4. The molecule has 0 saturated heterocycles. The van der Waals surface area contributed by atoms with Crippen molar-refractivity contribution in [2.45, 2.75) is 0 Å². The fourth-order valence-corrected chi connectivity index (χ4v) is 2.32. The number of methoxy groups -OCH3 is 1. The van der Waals surface area contributed by atoms with Crippen molar-refractivity contribution >= 4 is 28.1 Å². The number of halogens is 1. The zero-order chi connectivity index (χ0) is 16.2. The predicted molar refractivity (Wildman–Crippen MR) is 86.2 cm³/mol. The van der Waals surface area contributed by atoms with Crippen molar-refractivity contribution in [3.8, 4) is 11.3 Å². The topological polar surface area (TPSA) is 82.5 Å². The van der Waals surface area contributed by atoms with Gasteiger partial charge in [0.15, 0.2) is 0 Å². The second-order valence-electron chi connectivity index (χ2n) is 4.47. The first-order valence-corrected chi connectivity index (χ1v) is 7.34. The molecule has 0 spiro atoms. The highest BCUT2D eigenvalue weighted by atomic mass is 79.9. The Morgan fingerprint density at radius 3 is 2.83 bits per heavy atom. The lowest BCUT2D eigenvalue weighted by Gasteiger charge is -2.06. The molecule has 0 aliphatic heterocycles. The summed E-state index contributed by atoms with van der Waals surface area (Å²) in [4.78, 5) is 11.9. The summed E-state index contributed by atoms with van der Waals surface area (Å²) in [6.45, 7) is 0. The zero-order valence-corrected chi connectivity index (χ0v) is 13.6. The van der Waals surface area contributed by atoms with Crippen molar-refractivity contribution in [1.29, 1.82) is 0 Å². The number of carbonyl (C=O) groups is 1. The van der Waals surface area contributed by atoms with E-state index in [1.165, 1.54) is 30.7 Å². The minimum absolute atomic E-state index is 0.415. The van der Waals surface area contributed by atoms with Crippen LogP contribution in [0.25, 0.3) is 11.3 Å². The molecule has 3 rings (SSSR count). The highest BCUT2D eigenvalue weighted by Gasteiger charge is 2.16. The van der Waals surface area contributed by atoms with Crippen LogP contribution in [-0.2, 0) is 4.74 Å². The predicted octanol–water partition coefficient (Wildman–Crippen LogP) is 2.97. The summed E-state index contributed by atoms with van der Waals surface area (Å²) in [6.07, 6.45) is 4.46. The standard InChI is InChI=1S/C15H11BrN4O3/c1-22-15(21)13-6-10(16)2-4-12(13)14-5-3-11(23-14)7-19-20-8-17-18-9-20/h2-9H,1H3/b19-7-. The third-order valence-corrected chi connectivity index (χ3v) is 3.50. The molecule has 2 heterocycles. The van der Waals surface area contributed by atoms with Gasteiger partial charge in [-0.2, -0.15) is 5.10 Å². The Hall–Kier alpha value is -2.74. The molecule has 23 heavy (non-hydrogen) atoms. The molecule has 0 amide bonds. The summed E-state index contributed by atoms with van der Waals surface area (Å²) >= 11 is 3.34. The fraction of sp³-hybridized carbons (Fsp3) is 0.0667. The largest absolute Gasteiger partial charge is 0.465 e. The van der Waals surface area contributed by atoms with Gasteiger partial charge in [-0.15, -0.1) is 10.2 Å². The normalized spacial score (nSPS) is 11.0. The van der Waals surface area contributed by atoms with Crippen molar-refractivity contribution in [1.82, 2.24) is 14.9 Å². The molecule has 0 fully saturated rings.